The van der Waals surface area contributed by atoms with Crippen molar-refractivity contribution in [2.75, 3.05) is 11.9 Å². The summed E-state index contributed by atoms with van der Waals surface area (Å²) in [5, 5.41) is 6.93. The van der Waals surface area contributed by atoms with Gasteiger partial charge in [0.2, 0.25) is 0 Å². The number of nitrogens with one attached hydrogen (secondary N) is 2. The molecule has 1 aromatic heterocycles. The van der Waals surface area contributed by atoms with Gasteiger partial charge in [0.15, 0.2) is 0 Å². The van der Waals surface area contributed by atoms with E-state index in [2.05, 4.69) is 20.6 Å². The van der Waals surface area contributed by atoms with Gasteiger partial charge in [-0.3, -0.25) is 0 Å². The Kier molecular flexibility index (Phi) is 2.52. The molecule has 16 heavy (non-hydrogen) atoms. The highest BCUT2D eigenvalue weighted by Crippen LogP contribution is 2.26. The van der Waals surface area contributed by atoms with E-state index in [-0.39, 0.29) is 0 Å². The van der Waals surface area contributed by atoms with E-state index in [1.165, 1.54) is 30.5 Å². The SMILES string of the molecule is Cc1nc2c(c(NC3CCC3)n1)CCNC2. The quantitative estimate of drug-likeness (QED) is 0.787. The first-order chi connectivity index (χ1) is 7.83. The minimum atomic E-state index is 0.647. The summed E-state index contributed by atoms with van der Waals surface area (Å²) in [6, 6.07) is 0.647. The van der Waals surface area contributed by atoms with Crippen molar-refractivity contribution in [3.63, 3.8) is 0 Å². The molecule has 1 fully saturated rings. The van der Waals surface area contributed by atoms with Crippen molar-refractivity contribution < 1.29 is 0 Å². The largest absolute Gasteiger partial charge is 0.367 e. The second-order valence-electron chi connectivity index (χ2n) is 4.74. The van der Waals surface area contributed by atoms with E-state index >= 15 is 0 Å². The van der Waals surface area contributed by atoms with E-state index in [0.717, 1.165) is 31.2 Å². The normalized spacial score (nSPS) is 20.1. The van der Waals surface area contributed by atoms with Crippen molar-refractivity contribution in [1.82, 2.24) is 15.3 Å². The number of hydrogen-bond donors (Lipinski definition) is 2. The molecular formula is C12H18N4. The summed E-state index contributed by atoms with van der Waals surface area (Å²) >= 11 is 0. The Hall–Kier alpha value is -1.16. The standard InChI is InChI=1S/C12H18N4/c1-8-14-11-7-13-6-5-10(11)12(15-8)16-9-3-2-4-9/h9,13H,2-7H2,1H3,(H,14,15,16). The molecule has 86 valence electrons. The number of fused-ring (bicyclic) bond motifs is 1. The van der Waals surface area contributed by atoms with Crippen LogP contribution in [0, 0.1) is 6.92 Å². The van der Waals surface area contributed by atoms with E-state index < -0.39 is 0 Å². The summed E-state index contributed by atoms with van der Waals surface area (Å²) < 4.78 is 0. The summed E-state index contributed by atoms with van der Waals surface area (Å²) in [4.78, 5) is 9.07. The van der Waals surface area contributed by atoms with Crippen molar-refractivity contribution in [2.24, 2.45) is 0 Å². The number of nitrogens with zero attached hydrogens (tertiary/aromatic N) is 2. The Morgan fingerprint density at radius 1 is 1.31 bits per heavy atom. The number of hydrogen-bond acceptors (Lipinski definition) is 4. The van der Waals surface area contributed by atoms with Crippen LogP contribution in [0.5, 0.6) is 0 Å². The lowest BCUT2D eigenvalue weighted by atomic mass is 9.93. The van der Waals surface area contributed by atoms with Gasteiger partial charge < -0.3 is 10.6 Å². The van der Waals surface area contributed by atoms with E-state index in [0.29, 0.717) is 6.04 Å². The first kappa shape index (κ1) is 10.0. The molecule has 0 amide bonds. The van der Waals surface area contributed by atoms with Gasteiger partial charge in [0.25, 0.3) is 0 Å². The third-order valence-corrected chi connectivity index (χ3v) is 3.49. The Morgan fingerprint density at radius 2 is 2.19 bits per heavy atom. The van der Waals surface area contributed by atoms with Crippen molar-refractivity contribution in [3.05, 3.63) is 17.1 Å². The Balaban J connectivity index is 1.91. The molecule has 0 saturated heterocycles. The third kappa shape index (κ3) is 1.78. The molecule has 4 nitrogen and oxygen atoms in total. The van der Waals surface area contributed by atoms with Crippen LogP contribution in [0.4, 0.5) is 5.82 Å². The average Bonchev–Trinajstić information content (AvgIpc) is 2.23. The highest BCUT2D eigenvalue weighted by molar-refractivity contribution is 5.48. The van der Waals surface area contributed by atoms with Crippen LogP contribution in [0.3, 0.4) is 0 Å². The van der Waals surface area contributed by atoms with E-state index in [4.69, 9.17) is 0 Å². The molecule has 0 unspecified atom stereocenters. The van der Waals surface area contributed by atoms with Crippen molar-refractivity contribution in [1.29, 1.82) is 0 Å². The molecule has 4 heteroatoms. The molecule has 0 spiro atoms. The number of aromatic nitrogens is 2. The zero-order valence-corrected chi connectivity index (χ0v) is 9.71. The lowest BCUT2D eigenvalue weighted by molar-refractivity contribution is 0.443. The van der Waals surface area contributed by atoms with E-state index in [9.17, 15) is 0 Å². The predicted molar refractivity (Wildman–Crippen MR) is 63.4 cm³/mol. The van der Waals surface area contributed by atoms with Crippen LogP contribution in [-0.2, 0) is 13.0 Å². The summed E-state index contributed by atoms with van der Waals surface area (Å²) in [5.41, 5.74) is 2.51. The highest BCUT2D eigenvalue weighted by atomic mass is 15.1. The fourth-order valence-electron chi connectivity index (χ4n) is 2.35. The maximum Gasteiger partial charge on any atom is 0.133 e. The van der Waals surface area contributed by atoms with Crippen LogP contribution in [0.1, 0.15) is 36.3 Å². The molecule has 1 aliphatic carbocycles. The molecular weight excluding hydrogens is 200 g/mol. The van der Waals surface area contributed by atoms with Gasteiger partial charge in [-0.1, -0.05) is 0 Å². The summed E-state index contributed by atoms with van der Waals surface area (Å²) in [7, 11) is 0. The molecule has 0 aromatic carbocycles. The molecule has 1 saturated carbocycles. The Labute approximate surface area is 95.9 Å². The summed E-state index contributed by atoms with van der Waals surface area (Å²) in [6.07, 6.45) is 4.97. The first-order valence-electron chi connectivity index (χ1n) is 6.16. The van der Waals surface area contributed by atoms with E-state index in [1.54, 1.807) is 0 Å². The highest BCUT2D eigenvalue weighted by Gasteiger charge is 2.22. The smallest absolute Gasteiger partial charge is 0.133 e. The lowest BCUT2D eigenvalue weighted by Gasteiger charge is -2.29. The maximum absolute atomic E-state index is 4.56. The van der Waals surface area contributed by atoms with Gasteiger partial charge in [-0.2, -0.15) is 0 Å². The predicted octanol–water partition coefficient (Wildman–Crippen LogP) is 1.40. The van der Waals surface area contributed by atoms with Gasteiger partial charge in [0.05, 0.1) is 5.69 Å². The minimum Gasteiger partial charge on any atom is -0.367 e. The van der Waals surface area contributed by atoms with Crippen molar-refractivity contribution in [3.8, 4) is 0 Å². The number of anilines is 1. The van der Waals surface area contributed by atoms with Crippen LogP contribution in [0.15, 0.2) is 0 Å². The Bertz CT molecular complexity index is 398. The minimum absolute atomic E-state index is 0.647. The van der Waals surface area contributed by atoms with Crippen LogP contribution >= 0.6 is 0 Å². The molecule has 3 rings (SSSR count). The fourth-order valence-corrected chi connectivity index (χ4v) is 2.35. The topological polar surface area (TPSA) is 49.8 Å². The monoisotopic (exact) mass is 218 g/mol. The van der Waals surface area contributed by atoms with Gasteiger partial charge in [0.1, 0.15) is 11.6 Å². The molecule has 2 aliphatic rings. The van der Waals surface area contributed by atoms with Gasteiger partial charge in [-0.05, 0) is 39.2 Å². The maximum atomic E-state index is 4.56. The van der Waals surface area contributed by atoms with Gasteiger partial charge in [0, 0.05) is 18.2 Å². The fraction of sp³-hybridized carbons (Fsp3) is 0.667. The molecule has 2 heterocycles. The Morgan fingerprint density at radius 3 is 2.94 bits per heavy atom. The molecule has 1 aromatic rings. The van der Waals surface area contributed by atoms with Crippen LogP contribution < -0.4 is 10.6 Å². The third-order valence-electron chi connectivity index (χ3n) is 3.49. The average molecular weight is 218 g/mol. The van der Waals surface area contributed by atoms with Gasteiger partial charge in [-0.25, -0.2) is 9.97 Å². The summed E-state index contributed by atoms with van der Waals surface area (Å²) in [5.74, 6) is 1.97. The zero-order valence-electron chi connectivity index (χ0n) is 9.71. The van der Waals surface area contributed by atoms with E-state index in [1.807, 2.05) is 6.92 Å². The molecule has 2 N–H and O–H groups in total. The second kappa shape index (κ2) is 4.01. The number of rotatable bonds is 2. The van der Waals surface area contributed by atoms with Crippen molar-refractivity contribution in [2.45, 2.75) is 45.2 Å². The summed E-state index contributed by atoms with van der Waals surface area (Å²) in [6.45, 7) is 3.90. The molecule has 0 bridgehead atoms. The van der Waals surface area contributed by atoms with Crippen LogP contribution in [0.2, 0.25) is 0 Å². The van der Waals surface area contributed by atoms with Crippen molar-refractivity contribution >= 4 is 5.82 Å². The zero-order chi connectivity index (χ0) is 11.0. The number of aryl methyl sites for hydroxylation is 1. The van der Waals surface area contributed by atoms with Gasteiger partial charge >= 0.3 is 0 Å². The lowest BCUT2D eigenvalue weighted by Crippen LogP contribution is -2.31. The molecule has 0 radical (unpaired) electrons. The van der Waals surface area contributed by atoms with Crippen LogP contribution in [-0.4, -0.2) is 22.6 Å². The first-order valence-corrected chi connectivity index (χ1v) is 6.16. The molecule has 0 atom stereocenters. The second-order valence-corrected chi connectivity index (χ2v) is 4.74. The van der Waals surface area contributed by atoms with Crippen LogP contribution in [0.25, 0.3) is 0 Å². The van der Waals surface area contributed by atoms with Gasteiger partial charge in [-0.15, -0.1) is 0 Å². The molecule has 1 aliphatic heterocycles.